The molecule has 1 aliphatic carbocycles. The molecular formula is C26H36N6O2. The maximum Gasteiger partial charge on any atom is 0.252 e. The van der Waals surface area contributed by atoms with Gasteiger partial charge in [-0.05, 0) is 66.5 Å². The Balaban J connectivity index is 1.51. The summed E-state index contributed by atoms with van der Waals surface area (Å²) in [6, 6.07) is 8.60. The number of tetrazole rings is 1. The van der Waals surface area contributed by atoms with Crippen LogP contribution < -0.4 is 5.56 Å². The van der Waals surface area contributed by atoms with Crippen LogP contribution in [0.15, 0.2) is 29.1 Å². The molecule has 0 unspecified atom stereocenters. The number of fused-ring (bicyclic) bond motifs is 1. The summed E-state index contributed by atoms with van der Waals surface area (Å²) >= 11 is 0. The Bertz CT molecular complexity index is 1160. The maximum absolute atomic E-state index is 13.1. The van der Waals surface area contributed by atoms with Crippen molar-refractivity contribution in [2.75, 3.05) is 13.2 Å². The van der Waals surface area contributed by atoms with Crippen molar-refractivity contribution in [3.63, 3.8) is 0 Å². The number of nitrogens with one attached hydrogen (secondary N) is 1. The molecule has 0 amide bonds. The summed E-state index contributed by atoms with van der Waals surface area (Å²) in [5, 5.41) is 14.1. The van der Waals surface area contributed by atoms with E-state index in [0.717, 1.165) is 79.5 Å². The highest BCUT2D eigenvalue weighted by molar-refractivity contribution is 5.81. The molecule has 182 valence electrons. The monoisotopic (exact) mass is 464 g/mol. The van der Waals surface area contributed by atoms with Crippen LogP contribution in [0.4, 0.5) is 0 Å². The number of aryl methyl sites for hydroxylation is 1. The first kappa shape index (κ1) is 23.2. The highest BCUT2D eigenvalue weighted by Crippen LogP contribution is 2.34. The van der Waals surface area contributed by atoms with Crippen LogP contribution in [0.25, 0.3) is 10.9 Å². The van der Waals surface area contributed by atoms with Crippen molar-refractivity contribution in [1.82, 2.24) is 30.1 Å². The zero-order chi connectivity index (χ0) is 23.5. The van der Waals surface area contributed by atoms with E-state index in [4.69, 9.17) is 4.74 Å². The first-order chi connectivity index (χ1) is 16.6. The maximum atomic E-state index is 13.1. The molecular weight excluding hydrogens is 428 g/mol. The van der Waals surface area contributed by atoms with Gasteiger partial charge in [0.1, 0.15) is 0 Å². The molecule has 1 aliphatic heterocycles. The van der Waals surface area contributed by atoms with Crippen LogP contribution in [0.3, 0.4) is 0 Å². The van der Waals surface area contributed by atoms with Crippen molar-refractivity contribution < 1.29 is 4.74 Å². The molecule has 5 rings (SSSR count). The molecule has 1 aromatic carbocycles. The molecule has 1 saturated heterocycles. The Hall–Kier alpha value is -2.58. The third kappa shape index (κ3) is 4.79. The molecule has 1 N–H and O–H groups in total. The van der Waals surface area contributed by atoms with Gasteiger partial charge in [-0.3, -0.25) is 9.69 Å². The van der Waals surface area contributed by atoms with E-state index in [-0.39, 0.29) is 17.7 Å². The van der Waals surface area contributed by atoms with E-state index in [0.29, 0.717) is 12.6 Å². The molecule has 2 aromatic heterocycles. The van der Waals surface area contributed by atoms with Crippen molar-refractivity contribution in [3.05, 3.63) is 51.6 Å². The third-order valence-electron chi connectivity index (χ3n) is 7.49. The van der Waals surface area contributed by atoms with Gasteiger partial charge in [0.15, 0.2) is 5.82 Å². The number of hydrogen-bond donors (Lipinski definition) is 1. The Kier molecular flexibility index (Phi) is 7.06. The molecule has 0 spiro atoms. The van der Waals surface area contributed by atoms with E-state index < -0.39 is 0 Å². The van der Waals surface area contributed by atoms with Crippen molar-refractivity contribution in [3.8, 4) is 0 Å². The molecule has 0 bridgehead atoms. The van der Waals surface area contributed by atoms with Crippen LogP contribution >= 0.6 is 0 Å². The van der Waals surface area contributed by atoms with Gasteiger partial charge in [-0.2, -0.15) is 0 Å². The van der Waals surface area contributed by atoms with Gasteiger partial charge in [0.05, 0.1) is 23.7 Å². The van der Waals surface area contributed by atoms with E-state index in [1.54, 1.807) is 0 Å². The van der Waals surface area contributed by atoms with Crippen molar-refractivity contribution >= 4 is 10.9 Å². The summed E-state index contributed by atoms with van der Waals surface area (Å²) in [5.74, 6) is 0.930. The lowest BCUT2D eigenvalue weighted by atomic mass is 10.0. The van der Waals surface area contributed by atoms with E-state index in [1.165, 1.54) is 12.8 Å². The number of benzene rings is 1. The molecule has 1 saturated carbocycles. The number of aromatic amines is 1. The normalized spacial score (nSPS) is 20.0. The fraction of sp³-hybridized carbons (Fsp3) is 0.615. The number of para-hydroxylation sites is 1. The lowest BCUT2D eigenvalue weighted by Crippen LogP contribution is -2.38. The average molecular weight is 465 g/mol. The Morgan fingerprint density at radius 1 is 1.24 bits per heavy atom. The SMILES string of the molecule is CCC[C@H](c1nnnn1C1CCCC1)N(Cc1cc2cccc(C)c2[nH]c1=O)C[C@H]1CCCO1. The minimum Gasteiger partial charge on any atom is -0.377 e. The van der Waals surface area contributed by atoms with Gasteiger partial charge in [0.2, 0.25) is 0 Å². The largest absolute Gasteiger partial charge is 0.377 e. The van der Waals surface area contributed by atoms with Gasteiger partial charge in [0.25, 0.3) is 5.56 Å². The molecule has 2 atom stereocenters. The zero-order valence-electron chi connectivity index (χ0n) is 20.4. The smallest absolute Gasteiger partial charge is 0.252 e. The quantitative estimate of drug-likeness (QED) is 0.503. The van der Waals surface area contributed by atoms with E-state index in [2.05, 4.69) is 43.1 Å². The number of hydrogen-bond acceptors (Lipinski definition) is 6. The standard InChI is InChI=1S/C26H36N6O2/c1-3-8-23(25-28-29-30-32(25)21-11-4-5-12-21)31(17-22-13-7-14-34-22)16-20-15-19-10-6-9-18(2)24(19)27-26(20)33/h6,9-10,15,21-23H,3-5,7-8,11-14,16-17H2,1-2H3,(H,27,33)/t22-,23-/m1/s1. The fourth-order valence-corrected chi connectivity index (χ4v) is 5.69. The number of H-pyrrole nitrogens is 1. The van der Waals surface area contributed by atoms with Gasteiger partial charge in [-0.25, -0.2) is 4.68 Å². The Morgan fingerprint density at radius 2 is 2.09 bits per heavy atom. The molecule has 8 heteroatoms. The van der Waals surface area contributed by atoms with E-state index in [9.17, 15) is 4.79 Å². The Morgan fingerprint density at radius 3 is 2.85 bits per heavy atom. The van der Waals surface area contributed by atoms with Crippen LogP contribution in [-0.4, -0.2) is 49.3 Å². The second-order valence-corrected chi connectivity index (χ2v) is 9.95. The van der Waals surface area contributed by atoms with Gasteiger partial charge >= 0.3 is 0 Å². The van der Waals surface area contributed by atoms with Gasteiger partial charge in [0, 0.05) is 25.3 Å². The highest BCUT2D eigenvalue weighted by Gasteiger charge is 2.32. The summed E-state index contributed by atoms with van der Waals surface area (Å²) in [4.78, 5) is 18.7. The second-order valence-electron chi connectivity index (χ2n) is 9.95. The topological polar surface area (TPSA) is 88.9 Å². The average Bonchev–Trinajstić information content (AvgIpc) is 3.60. The molecule has 34 heavy (non-hydrogen) atoms. The minimum atomic E-state index is -0.0234. The number of nitrogens with zero attached hydrogens (tertiary/aromatic N) is 5. The van der Waals surface area contributed by atoms with Crippen LogP contribution in [-0.2, 0) is 11.3 Å². The van der Waals surface area contributed by atoms with Crippen LogP contribution in [0.5, 0.6) is 0 Å². The molecule has 3 heterocycles. The zero-order valence-corrected chi connectivity index (χ0v) is 20.4. The molecule has 0 radical (unpaired) electrons. The summed E-state index contributed by atoms with van der Waals surface area (Å²) in [6.07, 6.45) is 8.99. The van der Waals surface area contributed by atoms with Crippen LogP contribution in [0, 0.1) is 6.92 Å². The summed E-state index contributed by atoms with van der Waals surface area (Å²) in [6.45, 7) is 6.36. The lowest BCUT2D eigenvalue weighted by molar-refractivity contribution is 0.0471. The van der Waals surface area contributed by atoms with Crippen LogP contribution in [0.2, 0.25) is 0 Å². The van der Waals surface area contributed by atoms with Gasteiger partial charge < -0.3 is 9.72 Å². The van der Waals surface area contributed by atoms with E-state index in [1.807, 2.05) is 25.1 Å². The number of rotatable bonds is 9. The predicted molar refractivity (Wildman–Crippen MR) is 132 cm³/mol. The number of ether oxygens (including phenoxy) is 1. The molecule has 8 nitrogen and oxygen atoms in total. The molecule has 2 aliphatic rings. The first-order valence-electron chi connectivity index (χ1n) is 12.9. The summed E-state index contributed by atoms with van der Waals surface area (Å²) in [7, 11) is 0. The second kappa shape index (κ2) is 10.4. The predicted octanol–water partition coefficient (Wildman–Crippen LogP) is 4.46. The summed E-state index contributed by atoms with van der Waals surface area (Å²) < 4.78 is 8.10. The summed E-state index contributed by atoms with van der Waals surface area (Å²) in [5.41, 5.74) is 2.75. The Labute approximate surface area is 200 Å². The van der Waals surface area contributed by atoms with Crippen molar-refractivity contribution in [2.45, 2.75) is 89.9 Å². The van der Waals surface area contributed by atoms with Crippen molar-refractivity contribution in [1.29, 1.82) is 0 Å². The highest BCUT2D eigenvalue weighted by atomic mass is 16.5. The number of pyridine rings is 1. The van der Waals surface area contributed by atoms with E-state index >= 15 is 0 Å². The molecule has 2 fully saturated rings. The molecule has 3 aromatic rings. The number of aromatic nitrogens is 5. The fourth-order valence-electron chi connectivity index (χ4n) is 5.69. The third-order valence-corrected chi connectivity index (χ3v) is 7.49. The van der Waals surface area contributed by atoms with Crippen molar-refractivity contribution in [2.24, 2.45) is 0 Å². The first-order valence-corrected chi connectivity index (χ1v) is 12.9. The van der Waals surface area contributed by atoms with Gasteiger partial charge in [-0.15, -0.1) is 5.10 Å². The lowest BCUT2D eigenvalue weighted by Gasteiger charge is -2.33. The minimum absolute atomic E-state index is 0.0234. The van der Waals surface area contributed by atoms with Gasteiger partial charge in [-0.1, -0.05) is 44.4 Å². The van der Waals surface area contributed by atoms with Crippen LogP contribution in [0.1, 0.15) is 87.3 Å².